The molecule has 0 N–H and O–H groups in total. The highest BCUT2D eigenvalue weighted by Gasteiger charge is 2.21. The molecule has 1 aliphatic rings. The van der Waals surface area contributed by atoms with Crippen molar-refractivity contribution in [1.82, 2.24) is 24.7 Å². The molecular formula is C20H19ClN6OS. The van der Waals surface area contributed by atoms with Crippen LogP contribution in [0.25, 0.3) is 27.6 Å². The second-order valence-corrected chi connectivity index (χ2v) is 8.19. The van der Waals surface area contributed by atoms with Crippen LogP contribution >= 0.6 is 22.9 Å². The van der Waals surface area contributed by atoms with Crippen LogP contribution in [0.5, 0.6) is 0 Å². The summed E-state index contributed by atoms with van der Waals surface area (Å²) in [5.41, 5.74) is 3.95. The summed E-state index contributed by atoms with van der Waals surface area (Å²) >= 11 is 7.52. The Morgan fingerprint density at radius 1 is 1.14 bits per heavy atom. The SMILES string of the molecule is Cc1cccc(-c2ccn(-c3nc(N4CCOCC4)c4nc(CCl)sc4n3)n2)c1. The Balaban J connectivity index is 1.60. The number of nitrogens with zero attached hydrogens (tertiary/aromatic N) is 6. The molecule has 1 aliphatic heterocycles. The number of morpholine rings is 1. The van der Waals surface area contributed by atoms with Crippen LogP contribution in [0.3, 0.4) is 0 Å². The van der Waals surface area contributed by atoms with Gasteiger partial charge in [-0.2, -0.15) is 15.1 Å². The Bertz CT molecular complexity index is 1170. The number of benzene rings is 1. The number of hydrogen-bond donors (Lipinski definition) is 0. The number of aromatic nitrogens is 5. The molecule has 0 amide bonds. The summed E-state index contributed by atoms with van der Waals surface area (Å²) in [6, 6.07) is 10.3. The molecule has 9 heteroatoms. The molecule has 29 heavy (non-hydrogen) atoms. The van der Waals surface area contributed by atoms with Crippen LogP contribution in [0.2, 0.25) is 0 Å². The summed E-state index contributed by atoms with van der Waals surface area (Å²) in [6.45, 7) is 4.96. The van der Waals surface area contributed by atoms with Crippen molar-refractivity contribution >= 4 is 39.1 Å². The molecular weight excluding hydrogens is 408 g/mol. The molecule has 4 heterocycles. The van der Waals surface area contributed by atoms with Crippen molar-refractivity contribution in [3.8, 4) is 17.2 Å². The van der Waals surface area contributed by atoms with Crippen LogP contribution < -0.4 is 4.90 Å². The number of halogens is 1. The van der Waals surface area contributed by atoms with E-state index in [4.69, 9.17) is 31.4 Å². The zero-order valence-corrected chi connectivity index (χ0v) is 17.4. The fourth-order valence-corrected chi connectivity index (χ4v) is 4.39. The number of thiazole rings is 1. The standard InChI is InChI=1S/C20H19ClN6OS/c1-13-3-2-4-14(11-13)15-5-6-27(25-15)20-23-18(26-7-9-28-10-8-26)17-19(24-20)29-16(12-21)22-17/h2-6,11H,7-10,12H2,1H3. The smallest absolute Gasteiger partial charge is 0.254 e. The topological polar surface area (TPSA) is 69.0 Å². The number of rotatable bonds is 4. The van der Waals surface area contributed by atoms with E-state index in [1.807, 2.05) is 18.3 Å². The summed E-state index contributed by atoms with van der Waals surface area (Å²) < 4.78 is 7.22. The quantitative estimate of drug-likeness (QED) is 0.462. The van der Waals surface area contributed by atoms with Gasteiger partial charge in [0.1, 0.15) is 10.5 Å². The predicted molar refractivity (Wildman–Crippen MR) is 115 cm³/mol. The Labute approximate surface area is 176 Å². The average Bonchev–Trinajstić information content (AvgIpc) is 3.41. The first-order valence-corrected chi connectivity index (χ1v) is 10.8. The summed E-state index contributed by atoms with van der Waals surface area (Å²) in [5, 5.41) is 5.56. The molecule has 0 bridgehead atoms. The Hall–Kier alpha value is -2.55. The van der Waals surface area contributed by atoms with Crippen molar-refractivity contribution in [3.63, 3.8) is 0 Å². The minimum atomic E-state index is 0.359. The molecule has 4 aromatic rings. The van der Waals surface area contributed by atoms with Gasteiger partial charge in [-0.3, -0.25) is 0 Å². The molecule has 0 radical (unpaired) electrons. The van der Waals surface area contributed by atoms with E-state index < -0.39 is 0 Å². The number of aryl methyl sites for hydroxylation is 1. The van der Waals surface area contributed by atoms with Gasteiger partial charge in [0.15, 0.2) is 10.6 Å². The molecule has 0 unspecified atom stereocenters. The summed E-state index contributed by atoms with van der Waals surface area (Å²) in [6.07, 6.45) is 1.89. The summed E-state index contributed by atoms with van der Waals surface area (Å²) in [7, 11) is 0. The normalized spacial score (nSPS) is 14.6. The van der Waals surface area contributed by atoms with Crippen molar-refractivity contribution in [1.29, 1.82) is 0 Å². The zero-order valence-electron chi connectivity index (χ0n) is 15.9. The van der Waals surface area contributed by atoms with Crippen molar-refractivity contribution < 1.29 is 4.74 Å². The molecule has 1 aromatic carbocycles. The Morgan fingerprint density at radius 2 is 2.00 bits per heavy atom. The minimum absolute atomic E-state index is 0.359. The van der Waals surface area contributed by atoms with Gasteiger partial charge in [0.2, 0.25) is 0 Å². The highest BCUT2D eigenvalue weighted by molar-refractivity contribution is 7.18. The fraction of sp³-hybridized carbons (Fsp3) is 0.300. The number of fused-ring (bicyclic) bond motifs is 1. The summed E-state index contributed by atoms with van der Waals surface area (Å²) in [5.74, 6) is 1.70. The van der Waals surface area contributed by atoms with E-state index in [0.29, 0.717) is 25.0 Å². The lowest BCUT2D eigenvalue weighted by Crippen LogP contribution is -2.37. The molecule has 5 rings (SSSR count). The van der Waals surface area contributed by atoms with Crippen molar-refractivity contribution in [3.05, 3.63) is 47.1 Å². The third kappa shape index (κ3) is 3.59. The van der Waals surface area contributed by atoms with Gasteiger partial charge in [-0.25, -0.2) is 9.67 Å². The monoisotopic (exact) mass is 426 g/mol. The van der Waals surface area contributed by atoms with Gasteiger partial charge in [0, 0.05) is 24.8 Å². The lowest BCUT2D eigenvalue weighted by Gasteiger charge is -2.28. The second-order valence-electron chi connectivity index (χ2n) is 6.86. The highest BCUT2D eigenvalue weighted by atomic mass is 35.5. The lowest BCUT2D eigenvalue weighted by atomic mass is 10.1. The van der Waals surface area contributed by atoms with Gasteiger partial charge in [-0.15, -0.1) is 11.6 Å². The average molecular weight is 427 g/mol. The number of hydrogen-bond acceptors (Lipinski definition) is 7. The minimum Gasteiger partial charge on any atom is -0.378 e. The van der Waals surface area contributed by atoms with Crippen LogP contribution in [0, 0.1) is 6.92 Å². The molecule has 0 spiro atoms. The second kappa shape index (κ2) is 7.70. The lowest BCUT2D eigenvalue weighted by molar-refractivity contribution is 0.122. The molecule has 1 fully saturated rings. The molecule has 1 saturated heterocycles. The van der Waals surface area contributed by atoms with E-state index in [1.165, 1.54) is 16.9 Å². The van der Waals surface area contributed by atoms with Crippen LogP contribution in [0.15, 0.2) is 36.5 Å². The van der Waals surface area contributed by atoms with Gasteiger partial charge in [-0.1, -0.05) is 35.1 Å². The molecule has 148 valence electrons. The van der Waals surface area contributed by atoms with Gasteiger partial charge in [-0.05, 0) is 19.1 Å². The van der Waals surface area contributed by atoms with Crippen LogP contribution in [0.4, 0.5) is 5.82 Å². The van der Waals surface area contributed by atoms with E-state index in [0.717, 1.165) is 45.5 Å². The summed E-state index contributed by atoms with van der Waals surface area (Å²) in [4.78, 5) is 17.2. The Kier molecular flexibility index (Phi) is 4.91. The third-order valence-corrected chi connectivity index (χ3v) is 6.17. The van der Waals surface area contributed by atoms with E-state index in [1.54, 1.807) is 4.68 Å². The number of ether oxygens (including phenoxy) is 1. The molecule has 3 aromatic heterocycles. The maximum Gasteiger partial charge on any atom is 0.254 e. The van der Waals surface area contributed by atoms with E-state index in [9.17, 15) is 0 Å². The maximum atomic E-state index is 6.03. The first-order valence-electron chi connectivity index (χ1n) is 9.40. The van der Waals surface area contributed by atoms with Crippen molar-refractivity contribution in [2.45, 2.75) is 12.8 Å². The fourth-order valence-electron chi connectivity index (χ4n) is 3.39. The van der Waals surface area contributed by atoms with Crippen LogP contribution in [-0.4, -0.2) is 51.0 Å². The first kappa shape index (κ1) is 18.5. The predicted octanol–water partition coefficient (Wildman–Crippen LogP) is 3.82. The van der Waals surface area contributed by atoms with E-state index in [-0.39, 0.29) is 0 Å². The van der Waals surface area contributed by atoms with Gasteiger partial charge < -0.3 is 9.64 Å². The zero-order chi connectivity index (χ0) is 19.8. The van der Waals surface area contributed by atoms with Crippen LogP contribution in [-0.2, 0) is 10.6 Å². The number of anilines is 1. The highest BCUT2D eigenvalue weighted by Crippen LogP contribution is 2.30. The largest absolute Gasteiger partial charge is 0.378 e. The first-order chi connectivity index (χ1) is 14.2. The van der Waals surface area contributed by atoms with Gasteiger partial charge in [0.25, 0.3) is 5.95 Å². The molecule has 0 aliphatic carbocycles. The molecule has 0 atom stereocenters. The van der Waals surface area contributed by atoms with Crippen molar-refractivity contribution in [2.24, 2.45) is 0 Å². The van der Waals surface area contributed by atoms with Crippen molar-refractivity contribution in [2.75, 3.05) is 31.2 Å². The van der Waals surface area contributed by atoms with E-state index in [2.05, 4.69) is 35.0 Å². The number of alkyl halides is 1. The van der Waals surface area contributed by atoms with E-state index >= 15 is 0 Å². The maximum absolute atomic E-state index is 6.03. The van der Waals surface area contributed by atoms with Gasteiger partial charge >= 0.3 is 0 Å². The third-order valence-electron chi connectivity index (χ3n) is 4.81. The molecule has 0 saturated carbocycles. The van der Waals surface area contributed by atoms with Gasteiger partial charge in [0.05, 0.1) is 24.8 Å². The molecule has 7 nitrogen and oxygen atoms in total. The Morgan fingerprint density at radius 3 is 2.79 bits per heavy atom. The van der Waals surface area contributed by atoms with Crippen LogP contribution in [0.1, 0.15) is 10.6 Å².